The molecule has 1 aliphatic rings. The van der Waals surface area contributed by atoms with Crippen LogP contribution >= 0.6 is 46.4 Å². The Morgan fingerprint density at radius 3 is 1.10 bits per heavy atom. The first kappa shape index (κ1) is 53.3. The number of rotatable bonds is 6. The van der Waals surface area contributed by atoms with Crippen molar-refractivity contribution in [3.8, 4) is 0 Å². The molecule has 0 aliphatic carbocycles. The molecular formula is C46H28BCl4F15S. The van der Waals surface area contributed by atoms with E-state index in [4.69, 9.17) is 46.4 Å². The van der Waals surface area contributed by atoms with Gasteiger partial charge in [-0.25, -0.2) is 65.9 Å². The van der Waals surface area contributed by atoms with E-state index < -0.39 is 141 Å². The summed E-state index contributed by atoms with van der Waals surface area (Å²) in [4.78, 5) is -1.22. The standard InChI is InChI=1S/C44H24BF15S.2CH2Cl2/c1-44(2,3)21-16-14-19(15-17-21)23-18-45(26-30(48)36(54)41(59)37(55)31(26)49,27-32(50)38(56)42(60)39(57)33(27)51)25(24-28(46)34(52)40(58)35(53)29(24)47)43(20-10-6-4-7-11-20)61(23)22-12-8-5-9-13-22;2*2-1-3/h4-18H,1-3H3;2*1H2. The summed E-state index contributed by atoms with van der Waals surface area (Å²) in [5, 5.41) is 0.389. The van der Waals surface area contributed by atoms with E-state index in [0.29, 0.717) is 11.5 Å². The summed E-state index contributed by atoms with van der Waals surface area (Å²) in [6.45, 7) is 5.39. The molecule has 1 aliphatic heterocycles. The van der Waals surface area contributed by atoms with Gasteiger partial charge in [-0.15, -0.1) is 62.8 Å². The van der Waals surface area contributed by atoms with Crippen LogP contribution in [-0.4, -0.2) is 16.8 Å². The van der Waals surface area contributed by atoms with Crippen molar-refractivity contribution in [2.45, 2.75) is 31.1 Å². The summed E-state index contributed by atoms with van der Waals surface area (Å²) in [5.74, 6) is -43.0. The molecule has 0 radical (unpaired) electrons. The Morgan fingerprint density at radius 1 is 0.418 bits per heavy atom. The number of halogens is 19. The Labute approximate surface area is 395 Å². The maximum absolute atomic E-state index is 16.8. The van der Waals surface area contributed by atoms with E-state index in [0.717, 1.165) is 12.1 Å². The molecule has 21 heteroatoms. The molecule has 0 bridgehead atoms. The normalized spacial score (nSPS) is 14.5. The summed E-state index contributed by atoms with van der Waals surface area (Å²) in [5.41, 5.74) is -9.34. The van der Waals surface area contributed by atoms with Crippen LogP contribution in [0.2, 0.25) is 0 Å². The number of hydrogen-bond acceptors (Lipinski definition) is 0. The maximum atomic E-state index is 16.8. The fourth-order valence-corrected chi connectivity index (χ4v) is 10.4. The van der Waals surface area contributed by atoms with Crippen LogP contribution in [0.1, 0.15) is 43.0 Å². The van der Waals surface area contributed by atoms with Gasteiger partial charge in [0, 0.05) is 16.7 Å². The molecule has 7 rings (SSSR count). The zero-order chi connectivity index (χ0) is 50.0. The first-order chi connectivity index (χ1) is 31.5. The largest absolute Gasteiger partial charge is 0.207 e. The molecular weight excluding hydrogens is 1020 g/mol. The van der Waals surface area contributed by atoms with Gasteiger partial charge in [0.15, 0.2) is 63.1 Å². The van der Waals surface area contributed by atoms with E-state index in [1.807, 2.05) is 0 Å². The molecule has 0 spiro atoms. The number of hydrogen-bond donors (Lipinski definition) is 0. The van der Waals surface area contributed by atoms with Crippen molar-refractivity contribution in [2.75, 3.05) is 10.7 Å². The van der Waals surface area contributed by atoms with E-state index in [1.54, 1.807) is 20.8 Å². The van der Waals surface area contributed by atoms with Gasteiger partial charge in [0.25, 0.3) is 0 Å². The molecule has 0 nitrogen and oxygen atoms in total. The van der Waals surface area contributed by atoms with E-state index >= 15 is 52.7 Å². The third-order valence-corrected chi connectivity index (χ3v) is 12.9. The molecule has 6 aromatic carbocycles. The Bertz CT molecular complexity index is 2730. The van der Waals surface area contributed by atoms with Crippen molar-refractivity contribution in [3.05, 3.63) is 200 Å². The lowest BCUT2D eigenvalue weighted by Gasteiger charge is -2.46. The molecule has 1 atom stereocenters. The van der Waals surface area contributed by atoms with Gasteiger partial charge < -0.3 is 0 Å². The van der Waals surface area contributed by atoms with Gasteiger partial charge in [-0.05, 0) is 35.2 Å². The third-order valence-electron chi connectivity index (χ3n) is 10.5. The lowest BCUT2D eigenvalue weighted by molar-refractivity contribution is 0.376. The van der Waals surface area contributed by atoms with Crippen LogP contribution in [0.3, 0.4) is 0 Å². The summed E-state index contributed by atoms with van der Waals surface area (Å²) in [7, 11) is -2.16. The summed E-state index contributed by atoms with van der Waals surface area (Å²) in [6, 6.07) is 18.7. The highest BCUT2D eigenvalue weighted by molar-refractivity contribution is 8.14. The third kappa shape index (κ3) is 9.55. The Hall–Kier alpha value is -4.68. The van der Waals surface area contributed by atoms with Gasteiger partial charge in [-0.2, -0.15) is 5.98 Å². The molecule has 0 amide bonds. The fraction of sp³-hybridized carbons (Fsp3) is 0.130. The topological polar surface area (TPSA) is 0 Å². The van der Waals surface area contributed by atoms with Crippen LogP contribution in [0.4, 0.5) is 65.9 Å². The Morgan fingerprint density at radius 2 is 0.746 bits per heavy atom. The molecule has 0 saturated carbocycles. The minimum atomic E-state index is -5.58. The number of alkyl halides is 4. The quantitative estimate of drug-likeness (QED) is 0.0389. The van der Waals surface area contributed by atoms with Crippen LogP contribution < -0.4 is 10.9 Å². The molecule has 0 N–H and O–H groups in total. The van der Waals surface area contributed by atoms with E-state index in [1.165, 1.54) is 72.8 Å². The van der Waals surface area contributed by atoms with Crippen LogP contribution in [0, 0.1) is 87.3 Å². The first-order valence-electron chi connectivity index (χ1n) is 18.9. The summed E-state index contributed by atoms with van der Waals surface area (Å²) < 4.78 is 238. The second kappa shape index (κ2) is 21.3. The second-order valence-corrected chi connectivity index (χ2v) is 18.7. The van der Waals surface area contributed by atoms with Gasteiger partial charge in [0.1, 0.15) is 39.2 Å². The highest BCUT2D eigenvalue weighted by Crippen LogP contribution is 2.53. The average molecular weight is 1050 g/mol. The maximum Gasteiger partial charge on any atom is 0.200 e. The van der Waals surface area contributed by atoms with Crippen LogP contribution in [0.15, 0.2) is 95.8 Å². The van der Waals surface area contributed by atoms with Crippen molar-refractivity contribution in [3.63, 3.8) is 0 Å². The van der Waals surface area contributed by atoms with Gasteiger partial charge in [0.2, 0.25) is 5.82 Å². The molecule has 1 heterocycles. The minimum Gasteiger partial charge on any atom is -0.207 e. The smallest absolute Gasteiger partial charge is 0.200 e. The van der Waals surface area contributed by atoms with Crippen molar-refractivity contribution in [1.82, 2.24) is 0 Å². The van der Waals surface area contributed by atoms with Crippen molar-refractivity contribution >= 4 is 89.7 Å². The zero-order valence-electron chi connectivity index (χ0n) is 34.2. The number of benzene rings is 6. The highest BCUT2D eigenvalue weighted by Gasteiger charge is 2.54. The minimum absolute atomic E-state index is 0.0492. The van der Waals surface area contributed by atoms with Gasteiger partial charge >= 0.3 is 0 Å². The monoisotopic (exact) mass is 1050 g/mol. The highest BCUT2D eigenvalue weighted by atomic mass is 35.5. The SMILES string of the molecule is CC(C)(C)c1ccc(C2=C[B-](c3c(F)c(F)c(F)c(F)c3F)(c3c(F)c(F)c(F)c(F)c3F)C(c3c(F)c(F)c(F)c(F)c3F)=C(c3ccccc3)[S+]2c2ccccc2)cc1.ClCCl.ClCCl. The van der Waals surface area contributed by atoms with E-state index in [9.17, 15) is 13.2 Å². The van der Waals surface area contributed by atoms with Crippen LogP contribution in [0.25, 0.3) is 15.3 Å². The van der Waals surface area contributed by atoms with Crippen molar-refractivity contribution in [2.24, 2.45) is 0 Å². The van der Waals surface area contributed by atoms with E-state index in [-0.39, 0.29) is 26.7 Å². The van der Waals surface area contributed by atoms with Gasteiger partial charge in [0.05, 0.1) is 21.6 Å². The summed E-state index contributed by atoms with van der Waals surface area (Å²) >= 11 is 19.1. The molecule has 67 heavy (non-hydrogen) atoms. The lowest BCUT2D eigenvalue weighted by Crippen LogP contribution is -2.65. The molecule has 0 aromatic heterocycles. The lowest BCUT2D eigenvalue weighted by atomic mass is 9.14. The molecule has 0 fully saturated rings. The van der Waals surface area contributed by atoms with Crippen LogP contribution in [-0.2, 0) is 16.3 Å². The van der Waals surface area contributed by atoms with E-state index in [2.05, 4.69) is 0 Å². The van der Waals surface area contributed by atoms with Crippen molar-refractivity contribution < 1.29 is 65.9 Å². The Kier molecular flexibility index (Phi) is 17.0. The molecule has 6 aromatic rings. The fourth-order valence-electron chi connectivity index (χ4n) is 7.64. The predicted molar refractivity (Wildman–Crippen MR) is 235 cm³/mol. The Balaban J connectivity index is 0.00000133. The van der Waals surface area contributed by atoms with Crippen molar-refractivity contribution in [1.29, 1.82) is 0 Å². The predicted octanol–water partition coefficient (Wildman–Crippen LogP) is 14.9. The van der Waals surface area contributed by atoms with Crippen LogP contribution in [0.5, 0.6) is 0 Å². The molecule has 354 valence electrons. The average Bonchev–Trinajstić information content (AvgIpc) is 3.31. The molecule has 1 unspecified atom stereocenters. The zero-order valence-corrected chi connectivity index (χ0v) is 38.1. The van der Waals surface area contributed by atoms with Gasteiger partial charge in [-0.3, -0.25) is 0 Å². The second-order valence-electron chi connectivity index (χ2n) is 15.1. The first-order valence-corrected chi connectivity index (χ1v) is 22.3. The van der Waals surface area contributed by atoms with Gasteiger partial charge in [-0.1, -0.05) is 81.4 Å². The summed E-state index contributed by atoms with van der Waals surface area (Å²) in [6.07, 6.45) is -5.58. The molecule has 0 saturated heterocycles.